The van der Waals surface area contributed by atoms with Crippen molar-refractivity contribution in [1.29, 1.82) is 0 Å². The zero-order valence-corrected chi connectivity index (χ0v) is 11.9. The molecule has 1 unspecified atom stereocenters. The first-order valence-electron chi connectivity index (χ1n) is 6.05. The first-order chi connectivity index (χ1) is 9.31. The van der Waals surface area contributed by atoms with Crippen molar-refractivity contribution in [3.63, 3.8) is 0 Å². The van der Waals surface area contributed by atoms with Gasteiger partial charge in [-0.05, 0) is 24.5 Å². The lowest BCUT2D eigenvalue weighted by atomic mass is 10.0. The Hall–Kier alpha value is -1.82. The van der Waals surface area contributed by atoms with E-state index < -0.39 is 23.9 Å². The van der Waals surface area contributed by atoms with Gasteiger partial charge < -0.3 is 15.7 Å². The number of benzene rings is 1. The number of aliphatic carboxylic acids is 1. The molecule has 1 aromatic rings. The molecule has 20 heavy (non-hydrogen) atoms. The fourth-order valence-corrected chi connectivity index (χ4v) is 1.83. The van der Waals surface area contributed by atoms with Crippen molar-refractivity contribution < 1.29 is 19.1 Å². The summed E-state index contributed by atoms with van der Waals surface area (Å²) >= 11 is 5.76. The van der Waals surface area contributed by atoms with Crippen LogP contribution in [0.1, 0.15) is 20.3 Å². The fraction of sp³-hybridized carbons (Fsp3) is 0.385. The highest BCUT2D eigenvalue weighted by Gasteiger charge is 2.21. The van der Waals surface area contributed by atoms with Gasteiger partial charge in [-0.3, -0.25) is 0 Å². The van der Waals surface area contributed by atoms with Crippen LogP contribution < -0.4 is 10.6 Å². The molecule has 1 atom stereocenters. The molecule has 0 aliphatic heterocycles. The summed E-state index contributed by atoms with van der Waals surface area (Å²) in [7, 11) is 0. The molecule has 1 aromatic carbocycles. The van der Waals surface area contributed by atoms with Gasteiger partial charge in [0.15, 0.2) is 0 Å². The second kappa shape index (κ2) is 7.09. The smallest absolute Gasteiger partial charge is 0.326 e. The van der Waals surface area contributed by atoms with Gasteiger partial charge in [0.25, 0.3) is 0 Å². The highest BCUT2D eigenvalue weighted by molar-refractivity contribution is 6.33. The Labute approximate surface area is 121 Å². The second-order valence-electron chi connectivity index (χ2n) is 4.72. The molecule has 0 radical (unpaired) electrons. The van der Waals surface area contributed by atoms with Crippen LogP contribution in [0.15, 0.2) is 18.2 Å². The lowest BCUT2D eigenvalue weighted by molar-refractivity contribution is -0.139. The number of anilines is 1. The Kier molecular flexibility index (Phi) is 5.76. The summed E-state index contributed by atoms with van der Waals surface area (Å²) in [4.78, 5) is 22.7. The van der Waals surface area contributed by atoms with E-state index in [9.17, 15) is 14.0 Å². The van der Waals surface area contributed by atoms with Crippen LogP contribution in [0.2, 0.25) is 5.02 Å². The third-order valence-corrected chi connectivity index (χ3v) is 2.83. The molecule has 7 heteroatoms. The molecule has 0 fully saturated rings. The summed E-state index contributed by atoms with van der Waals surface area (Å²) in [5.74, 6) is -1.75. The van der Waals surface area contributed by atoms with Crippen LogP contribution in [0.5, 0.6) is 0 Å². The standard InChI is InChI=1S/C13H16ClFN2O3/c1-7(2)6-10(12(18)19)16-13(20)17-11-8(14)4-3-5-9(11)15/h3-5,7,10H,6H2,1-2H3,(H,18,19)(H2,16,17,20). The predicted octanol–water partition coefficient (Wildman–Crippen LogP) is 3.10. The van der Waals surface area contributed by atoms with Crippen LogP contribution in [0.25, 0.3) is 0 Å². The Morgan fingerprint density at radius 2 is 2.05 bits per heavy atom. The van der Waals surface area contributed by atoms with E-state index >= 15 is 0 Å². The minimum atomic E-state index is -1.14. The van der Waals surface area contributed by atoms with Crippen LogP contribution in [0.3, 0.4) is 0 Å². The van der Waals surface area contributed by atoms with Crippen molar-refractivity contribution in [2.45, 2.75) is 26.3 Å². The van der Waals surface area contributed by atoms with E-state index in [1.807, 2.05) is 13.8 Å². The highest BCUT2D eigenvalue weighted by atomic mass is 35.5. The fourth-order valence-electron chi connectivity index (χ4n) is 1.62. The average molecular weight is 303 g/mol. The number of halogens is 2. The topological polar surface area (TPSA) is 78.4 Å². The highest BCUT2D eigenvalue weighted by Crippen LogP contribution is 2.24. The van der Waals surface area contributed by atoms with Gasteiger partial charge in [-0.25, -0.2) is 14.0 Å². The minimum absolute atomic E-state index is 0.0379. The third-order valence-electron chi connectivity index (χ3n) is 2.51. The average Bonchev–Trinajstić information content (AvgIpc) is 2.32. The number of carboxylic acids is 1. The van der Waals surface area contributed by atoms with E-state index in [1.54, 1.807) is 0 Å². The van der Waals surface area contributed by atoms with Gasteiger partial charge in [-0.1, -0.05) is 31.5 Å². The Bertz CT molecular complexity index is 488. The van der Waals surface area contributed by atoms with E-state index in [-0.39, 0.29) is 23.0 Å². The maximum absolute atomic E-state index is 13.5. The summed E-state index contributed by atoms with van der Waals surface area (Å²) in [5, 5.41) is 13.5. The molecule has 5 nitrogen and oxygen atoms in total. The van der Waals surface area contributed by atoms with Crippen LogP contribution in [-0.4, -0.2) is 23.1 Å². The molecule has 0 spiro atoms. The van der Waals surface area contributed by atoms with Crippen LogP contribution in [0.4, 0.5) is 14.9 Å². The minimum Gasteiger partial charge on any atom is -0.480 e. The van der Waals surface area contributed by atoms with Gasteiger partial charge in [0.1, 0.15) is 11.9 Å². The van der Waals surface area contributed by atoms with Crippen molar-refractivity contribution in [1.82, 2.24) is 5.32 Å². The number of hydrogen-bond acceptors (Lipinski definition) is 2. The van der Waals surface area contributed by atoms with E-state index in [4.69, 9.17) is 16.7 Å². The van der Waals surface area contributed by atoms with Gasteiger partial charge in [-0.2, -0.15) is 0 Å². The largest absolute Gasteiger partial charge is 0.480 e. The van der Waals surface area contributed by atoms with Crippen molar-refractivity contribution in [3.05, 3.63) is 29.0 Å². The predicted molar refractivity (Wildman–Crippen MR) is 74.4 cm³/mol. The summed E-state index contributed by atoms with van der Waals surface area (Å²) in [5.41, 5.74) is -0.180. The molecular weight excluding hydrogens is 287 g/mol. The van der Waals surface area contributed by atoms with Crippen molar-refractivity contribution in [2.24, 2.45) is 5.92 Å². The third kappa shape index (κ3) is 4.70. The number of urea groups is 1. The van der Waals surface area contributed by atoms with Crippen molar-refractivity contribution in [2.75, 3.05) is 5.32 Å². The lowest BCUT2D eigenvalue weighted by Crippen LogP contribution is -2.43. The van der Waals surface area contributed by atoms with Crippen molar-refractivity contribution >= 4 is 29.3 Å². The number of nitrogens with one attached hydrogen (secondary N) is 2. The van der Waals surface area contributed by atoms with E-state index in [0.717, 1.165) is 6.07 Å². The second-order valence-corrected chi connectivity index (χ2v) is 5.12. The maximum atomic E-state index is 13.5. The van der Waals surface area contributed by atoms with E-state index in [1.165, 1.54) is 12.1 Å². The Balaban J connectivity index is 2.73. The number of para-hydroxylation sites is 1. The Morgan fingerprint density at radius 1 is 1.40 bits per heavy atom. The van der Waals surface area contributed by atoms with Crippen molar-refractivity contribution in [3.8, 4) is 0 Å². The molecular formula is C13H16ClFN2O3. The zero-order chi connectivity index (χ0) is 15.3. The molecule has 0 saturated heterocycles. The molecule has 0 bridgehead atoms. The maximum Gasteiger partial charge on any atom is 0.326 e. The van der Waals surface area contributed by atoms with Crippen LogP contribution in [0, 0.1) is 11.7 Å². The molecule has 1 rings (SSSR count). The van der Waals surface area contributed by atoms with Gasteiger partial charge in [-0.15, -0.1) is 0 Å². The molecule has 0 aliphatic rings. The Morgan fingerprint density at radius 3 is 2.55 bits per heavy atom. The molecule has 110 valence electrons. The molecule has 0 heterocycles. The molecule has 2 amide bonds. The van der Waals surface area contributed by atoms with Gasteiger partial charge in [0.2, 0.25) is 0 Å². The van der Waals surface area contributed by atoms with Gasteiger partial charge in [0.05, 0.1) is 10.7 Å². The SMILES string of the molecule is CC(C)CC(NC(=O)Nc1c(F)cccc1Cl)C(=O)O. The molecule has 0 aliphatic carbocycles. The molecule has 0 aromatic heterocycles. The zero-order valence-electron chi connectivity index (χ0n) is 11.1. The first-order valence-corrected chi connectivity index (χ1v) is 6.43. The quantitative estimate of drug-likeness (QED) is 0.782. The number of rotatable bonds is 5. The van der Waals surface area contributed by atoms with Gasteiger partial charge in [0, 0.05) is 0 Å². The number of carboxylic acid groups (broad SMARTS) is 1. The number of amides is 2. The van der Waals surface area contributed by atoms with E-state index in [0.29, 0.717) is 0 Å². The first kappa shape index (κ1) is 16.2. The van der Waals surface area contributed by atoms with Gasteiger partial charge >= 0.3 is 12.0 Å². The number of carbonyl (C=O) groups excluding carboxylic acids is 1. The summed E-state index contributed by atoms with van der Waals surface area (Å²) < 4.78 is 13.5. The number of carbonyl (C=O) groups is 2. The van der Waals surface area contributed by atoms with E-state index in [2.05, 4.69) is 10.6 Å². The molecule has 0 saturated carbocycles. The normalized spacial score (nSPS) is 12.1. The molecule has 3 N–H and O–H groups in total. The lowest BCUT2D eigenvalue weighted by Gasteiger charge is -2.17. The van der Waals surface area contributed by atoms with Crippen LogP contribution >= 0.6 is 11.6 Å². The summed E-state index contributed by atoms with van der Waals surface area (Å²) in [6.07, 6.45) is 0.272. The summed E-state index contributed by atoms with van der Waals surface area (Å²) in [6.45, 7) is 3.67. The monoisotopic (exact) mass is 302 g/mol. The number of hydrogen-bond donors (Lipinski definition) is 3. The van der Waals surface area contributed by atoms with Crippen LogP contribution in [-0.2, 0) is 4.79 Å². The summed E-state index contributed by atoms with van der Waals surface area (Å²) in [6, 6.07) is 2.11.